The number of carbonyl (C=O) groups is 2. The number of esters is 1. The maximum absolute atomic E-state index is 11.9. The zero-order valence-electron chi connectivity index (χ0n) is 10.1. The number of nitrogens with zero attached hydrogens (tertiary/aromatic N) is 1. The number of hydrogen-bond donors (Lipinski definition) is 1. The molecule has 1 saturated carbocycles. The van der Waals surface area contributed by atoms with Crippen LogP contribution in [0.3, 0.4) is 0 Å². The Morgan fingerprint density at radius 3 is 2.79 bits per heavy atom. The third-order valence-corrected chi connectivity index (χ3v) is 4.32. The summed E-state index contributed by atoms with van der Waals surface area (Å²) < 4.78 is 5.51. The summed E-state index contributed by atoms with van der Waals surface area (Å²) in [5, 5.41) is 9.17. The van der Waals surface area contributed by atoms with E-state index in [-0.39, 0.29) is 11.1 Å². The van der Waals surface area contributed by atoms with E-state index in [1.807, 2.05) is 0 Å². The molecule has 3 rings (SSSR count). The zero-order chi connectivity index (χ0) is 13.6. The van der Waals surface area contributed by atoms with Gasteiger partial charge in [-0.15, -0.1) is 0 Å². The lowest BCUT2D eigenvalue weighted by molar-refractivity contribution is -0.144. The first-order valence-electron chi connectivity index (χ1n) is 6.15. The first-order chi connectivity index (χ1) is 9.03. The van der Waals surface area contributed by atoms with Crippen LogP contribution in [-0.2, 0) is 15.1 Å². The van der Waals surface area contributed by atoms with Crippen LogP contribution < -0.4 is 0 Å². The summed E-state index contributed by atoms with van der Waals surface area (Å²) in [5.41, 5.74) is 0.379. The molecule has 6 heteroatoms. The molecule has 0 unspecified atom stereocenters. The third-order valence-electron chi connectivity index (χ3n) is 4.03. The van der Waals surface area contributed by atoms with E-state index >= 15 is 0 Å². The number of pyridine rings is 1. The lowest BCUT2D eigenvalue weighted by Crippen LogP contribution is -2.34. The largest absolute Gasteiger partial charge is 0.481 e. The fourth-order valence-corrected chi connectivity index (χ4v) is 3.23. The van der Waals surface area contributed by atoms with Crippen LogP contribution in [0.25, 0.3) is 0 Å². The van der Waals surface area contributed by atoms with Gasteiger partial charge in [0.25, 0.3) is 0 Å². The van der Waals surface area contributed by atoms with Crippen molar-refractivity contribution in [2.75, 3.05) is 0 Å². The third kappa shape index (κ3) is 1.80. The van der Waals surface area contributed by atoms with Crippen LogP contribution in [0.4, 0.5) is 0 Å². The minimum Gasteiger partial charge on any atom is -0.481 e. The normalized spacial score (nSPS) is 29.1. The molecule has 1 aliphatic carbocycles. The minimum atomic E-state index is -0.785. The summed E-state index contributed by atoms with van der Waals surface area (Å²) in [6.45, 7) is 0. The van der Waals surface area contributed by atoms with Crippen molar-refractivity contribution in [2.24, 2.45) is 5.92 Å². The number of carboxylic acid groups (broad SMARTS) is 1. The van der Waals surface area contributed by atoms with E-state index in [2.05, 4.69) is 4.98 Å². The number of fused-ring (bicyclic) bond motifs is 2. The fraction of sp³-hybridized carbons (Fsp3) is 0.462. The first-order valence-corrected chi connectivity index (χ1v) is 6.52. The number of hydrogen-bond acceptors (Lipinski definition) is 4. The maximum Gasteiger partial charge on any atom is 0.342 e. The monoisotopic (exact) mass is 281 g/mol. The molecule has 19 heavy (non-hydrogen) atoms. The van der Waals surface area contributed by atoms with E-state index in [0.717, 1.165) is 5.56 Å². The molecule has 0 bridgehead atoms. The maximum atomic E-state index is 11.9. The predicted molar refractivity (Wildman–Crippen MR) is 65.9 cm³/mol. The van der Waals surface area contributed by atoms with Gasteiger partial charge in [0.2, 0.25) is 0 Å². The lowest BCUT2D eigenvalue weighted by Gasteiger charge is -2.35. The van der Waals surface area contributed by atoms with Crippen LogP contribution in [0.2, 0.25) is 5.15 Å². The Hall–Kier alpha value is -1.62. The van der Waals surface area contributed by atoms with Crippen LogP contribution in [0.15, 0.2) is 12.3 Å². The van der Waals surface area contributed by atoms with Crippen molar-refractivity contribution in [3.8, 4) is 0 Å². The highest BCUT2D eigenvalue weighted by molar-refractivity contribution is 6.32. The van der Waals surface area contributed by atoms with Gasteiger partial charge in [-0.1, -0.05) is 11.6 Å². The second-order valence-corrected chi connectivity index (χ2v) is 5.38. The second kappa shape index (κ2) is 4.20. The van der Waals surface area contributed by atoms with Gasteiger partial charge in [0.1, 0.15) is 16.3 Å². The number of carbonyl (C=O) groups excluding carboxylic acids is 1. The molecule has 1 N–H and O–H groups in total. The van der Waals surface area contributed by atoms with Gasteiger partial charge in [-0.2, -0.15) is 0 Å². The van der Waals surface area contributed by atoms with Gasteiger partial charge in [0.05, 0.1) is 5.92 Å². The molecule has 0 saturated heterocycles. The molecule has 0 atom stereocenters. The summed E-state index contributed by atoms with van der Waals surface area (Å²) in [6.07, 6.45) is 3.59. The number of carboxylic acids is 1. The van der Waals surface area contributed by atoms with E-state index in [1.165, 1.54) is 0 Å². The number of aromatic nitrogens is 1. The molecule has 0 radical (unpaired) electrons. The molecule has 2 heterocycles. The molecule has 1 fully saturated rings. The van der Waals surface area contributed by atoms with Gasteiger partial charge in [0.15, 0.2) is 0 Å². The van der Waals surface area contributed by atoms with Crippen LogP contribution in [0.5, 0.6) is 0 Å². The first kappa shape index (κ1) is 12.4. The molecule has 1 spiro atoms. The van der Waals surface area contributed by atoms with Crippen molar-refractivity contribution in [1.82, 2.24) is 4.98 Å². The van der Waals surface area contributed by atoms with Gasteiger partial charge in [-0.3, -0.25) is 4.79 Å². The molecular weight excluding hydrogens is 270 g/mol. The van der Waals surface area contributed by atoms with E-state index in [4.69, 9.17) is 21.4 Å². The standard InChI is InChI=1S/C13H12ClNO4/c14-10-9-8(3-6-15-10)13(19-12(9)18)4-1-7(2-5-13)11(16)17/h3,6-7H,1-2,4-5H2,(H,16,17)/t7-,13-. The molecule has 5 nitrogen and oxygen atoms in total. The smallest absolute Gasteiger partial charge is 0.342 e. The topological polar surface area (TPSA) is 76.5 Å². The molecule has 1 aliphatic heterocycles. The average Bonchev–Trinajstić information content (AvgIpc) is 2.64. The van der Waals surface area contributed by atoms with Crippen molar-refractivity contribution in [2.45, 2.75) is 31.3 Å². The number of halogens is 1. The summed E-state index contributed by atoms with van der Waals surface area (Å²) in [5.74, 6) is -1.60. The van der Waals surface area contributed by atoms with Crippen molar-refractivity contribution < 1.29 is 19.4 Å². The highest BCUT2D eigenvalue weighted by atomic mass is 35.5. The van der Waals surface area contributed by atoms with Crippen molar-refractivity contribution >= 4 is 23.5 Å². The Morgan fingerprint density at radius 1 is 1.47 bits per heavy atom. The van der Waals surface area contributed by atoms with Crippen LogP contribution in [0.1, 0.15) is 41.6 Å². The summed E-state index contributed by atoms with van der Waals surface area (Å²) in [4.78, 5) is 26.8. The fourth-order valence-electron chi connectivity index (χ4n) is 3.00. The quantitative estimate of drug-likeness (QED) is 0.632. The summed E-state index contributed by atoms with van der Waals surface area (Å²) in [7, 11) is 0. The van der Waals surface area contributed by atoms with Crippen LogP contribution in [0, 0.1) is 5.92 Å². The Kier molecular flexibility index (Phi) is 2.74. The molecule has 100 valence electrons. The predicted octanol–water partition coefficient (Wildman–Crippen LogP) is 2.38. The number of aliphatic carboxylic acids is 1. The van der Waals surface area contributed by atoms with E-state index in [1.54, 1.807) is 12.3 Å². The van der Waals surface area contributed by atoms with Crippen molar-refractivity contribution in [3.63, 3.8) is 0 Å². The molecule has 1 aromatic heterocycles. The Labute approximate surface area is 114 Å². The molecule has 1 aromatic rings. The van der Waals surface area contributed by atoms with Crippen molar-refractivity contribution in [1.29, 1.82) is 0 Å². The lowest BCUT2D eigenvalue weighted by atomic mass is 9.75. The van der Waals surface area contributed by atoms with Crippen LogP contribution in [-0.4, -0.2) is 22.0 Å². The summed E-state index contributed by atoms with van der Waals surface area (Å²) >= 11 is 5.94. The van der Waals surface area contributed by atoms with E-state index < -0.39 is 17.5 Å². The number of rotatable bonds is 1. The SMILES string of the molecule is O=C1O[C@]2(CC[C@H](C(=O)O)CC2)c2ccnc(Cl)c21. The molecule has 0 amide bonds. The van der Waals surface area contributed by atoms with E-state index in [0.29, 0.717) is 31.2 Å². The average molecular weight is 282 g/mol. The van der Waals surface area contributed by atoms with Gasteiger partial charge in [0, 0.05) is 11.8 Å². The highest BCUT2D eigenvalue weighted by Gasteiger charge is 2.49. The van der Waals surface area contributed by atoms with Crippen LogP contribution >= 0.6 is 11.6 Å². The number of ether oxygens (including phenoxy) is 1. The minimum absolute atomic E-state index is 0.153. The molecule has 0 aromatic carbocycles. The Morgan fingerprint density at radius 2 is 2.16 bits per heavy atom. The molecule has 2 aliphatic rings. The van der Waals surface area contributed by atoms with Gasteiger partial charge >= 0.3 is 11.9 Å². The highest BCUT2D eigenvalue weighted by Crippen LogP contribution is 2.49. The zero-order valence-corrected chi connectivity index (χ0v) is 10.8. The van der Waals surface area contributed by atoms with Crippen molar-refractivity contribution in [3.05, 3.63) is 28.5 Å². The Balaban J connectivity index is 1.96. The Bertz CT molecular complexity index is 564. The van der Waals surface area contributed by atoms with E-state index in [9.17, 15) is 9.59 Å². The van der Waals surface area contributed by atoms with Gasteiger partial charge < -0.3 is 9.84 Å². The molecular formula is C13H12ClNO4. The van der Waals surface area contributed by atoms with Gasteiger partial charge in [-0.05, 0) is 31.7 Å². The van der Waals surface area contributed by atoms with Gasteiger partial charge in [-0.25, -0.2) is 9.78 Å². The summed E-state index contributed by atoms with van der Waals surface area (Å²) in [6, 6.07) is 1.74. The second-order valence-electron chi connectivity index (χ2n) is 5.02.